The number of nitrogens with one attached hydrogen (secondary N) is 2. The summed E-state index contributed by atoms with van der Waals surface area (Å²) in [5.74, 6) is 0.477. The largest absolute Gasteiger partial charge is 0.356 e. The average Bonchev–Trinajstić information content (AvgIpc) is 2.45. The molecule has 0 bridgehead atoms. The van der Waals surface area contributed by atoms with E-state index in [1.54, 1.807) is 0 Å². The number of carbonyl (C=O) groups is 1. The van der Waals surface area contributed by atoms with E-state index < -0.39 is 0 Å². The molecule has 2 aromatic rings. The Bertz CT molecular complexity index is 557. The van der Waals surface area contributed by atoms with E-state index in [4.69, 9.17) is 0 Å². The number of benzene rings is 1. The summed E-state index contributed by atoms with van der Waals surface area (Å²) in [6.07, 6.45) is 1.34. The van der Waals surface area contributed by atoms with Gasteiger partial charge in [-0.3, -0.25) is 4.79 Å². The number of hydrogen-bond acceptors (Lipinski definition) is 5. The molecule has 0 aliphatic rings. The molecule has 0 spiro atoms. The van der Waals surface area contributed by atoms with Crippen LogP contribution < -0.4 is 10.6 Å². The van der Waals surface area contributed by atoms with Gasteiger partial charge in [-0.15, -0.1) is 10.2 Å². The zero-order valence-electron chi connectivity index (χ0n) is 10.9. The van der Waals surface area contributed by atoms with Gasteiger partial charge in [0, 0.05) is 19.5 Å². The quantitative estimate of drug-likeness (QED) is 0.818. The average molecular weight is 259 g/mol. The Morgan fingerprint density at radius 1 is 1.16 bits per heavy atom. The number of aromatic nitrogens is 3. The molecule has 1 aromatic carbocycles. The lowest BCUT2D eigenvalue weighted by atomic mass is 10.3. The van der Waals surface area contributed by atoms with Crippen LogP contribution in [0.4, 0.5) is 5.95 Å². The van der Waals surface area contributed by atoms with E-state index in [1.807, 2.05) is 31.2 Å². The van der Waals surface area contributed by atoms with Gasteiger partial charge < -0.3 is 10.6 Å². The van der Waals surface area contributed by atoms with Gasteiger partial charge in [-0.1, -0.05) is 19.1 Å². The summed E-state index contributed by atoms with van der Waals surface area (Å²) in [4.78, 5) is 15.7. The van der Waals surface area contributed by atoms with Crippen molar-refractivity contribution in [1.82, 2.24) is 20.5 Å². The minimum Gasteiger partial charge on any atom is -0.356 e. The smallest absolute Gasteiger partial charge is 0.243 e. The van der Waals surface area contributed by atoms with Crippen molar-refractivity contribution >= 4 is 22.9 Å². The molecule has 2 rings (SSSR count). The lowest BCUT2D eigenvalue weighted by molar-refractivity contribution is -0.120. The Labute approximate surface area is 111 Å². The van der Waals surface area contributed by atoms with Crippen LogP contribution in [0.3, 0.4) is 0 Å². The molecule has 100 valence electrons. The molecular formula is C13H17N5O. The number of para-hydroxylation sites is 1. The van der Waals surface area contributed by atoms with Gasteiger partial charge in [-0.2, -0.15) is 0 Å². The van der Waals surface area contributed by atoms with Crippen LogP contribution in [-0.4, -0.2) is 34.2 Å². The van der Waals surface area contributed by atoms with Crippen LogP contribution in [0.1, 0.15) is 19.8 Å². The molecule has 6 nitrogen and oxygen atoms in total. The van der Waals surface area contributed by atoms with Crippen molar-refractivity contribution in [2.45, 2.75) is 19.8 Å². The van der Waals surface area contributed by atoms with Gasteiger partial charge >= 0.3 is 0 Å². The summed E-state index contributed by atoms with van der Waals surface area (Å²) in [6.45, 7) is 3.23. The SMILES string of the molecule is CCCNC(=O)CCNc1nnc2ccccc2n1. The highest BCUT2D eigenvalue weighted by molar-refractivity contribution is 5.76. The van der Waals surface area contributed by atoms with Crippen LogP contribution in [0.5, 0.6) is 0 Å². The maximum absolute atomic E-state index is 11.4. The van der Waals surface area contributed by atoms with Crippen LogP contribution in [0.2, 0.25) is 0 Å². The van der Waals surface area contributed by atoms with Gasteiger partial charge in [-0.25, -0.2) is 4.98 Å². The van der Waals surface area contributed by atoms with Crippen LogP contribution >= 0.6 is 0 Å². The Morgan fingerprint density at radius 2 is 1.95 bits per heavy atom. The summed E-state index contributed by atoms with van der Waals surface area (Å²) in [6, 6.07) is 7.53. The standard InChI is InChI=1S/C13H17N5O/c1-2-8-14-12(19)7-9-15-13-16-10-5-3-4-6-11(10)17-18-13/h3-6H,2,7-9H2,1H3,(H,14,19)(H,15,16,18). The predicted octanol–water partition coefficient (Wildman–Crippen LogP) is 1.35. The first kappa shape index (κ1) is 13.2. The maximum Gasteiger partial charge on any atom is 0.243 e. The van der Waals surface area contributed by atoms with E-state index in [9.17, 15) is 4.79 Å². The van der Waals surface area contributed by atoms with Gasteiger partial charge in [0.2, 0.25) is 11.9 Å². The molecule has 6 heteroatoms. The highest BCUT2D eigenvalue weighted by atomic mass is 16.1. The van der Waals surface area contributed by atoms with E-state index in [-0.39, 0.29) is 5.91 Å². The maximum atomic E-state index is 11.4. The fourth-order valence-electron chi connectivity index (χ4n) is 1.60. The molecule has 2 N–H and O–H groups in total. The van der Waals surface area contributed by atoms with E-state index in [1.165, 1.54) is 0 Å². The lowest BCUT2D eigenvalue weighted by Gasteiger charge is -2.05. The van der Waals surface area contributed by atoms with Gasteiger partial charge in [0.25, 0.3) is 0 Å². The molecule has 0 aliphatic heterocycles. The van der Waals surface area contributed by atoms with E-state index in [0.29, 0.717) is 25.5 Å². The fraction of sp³-hybridized carbons (Fsp3) is 0.385. The first-order valence-electron chi connectivity index (χ1n) is 6.39. The molecule has 0 radical (unpaired) electrons. The number of nitrogens with zero attached hydrogens (tertiary/aromatic N) is 3. The van der Waals surface area contributed by atoms with E-state index >= 15 is 0 Å². The Morgan fingerprint density at radius 3 is 2.74 bits per heavy atom. The summed E-state index contributed by atoms with van der Waals surface area (Å²) >= 11 is 0. The monoisotopic (exact) mass is 259 g/mol. The third-order valence-corrected chi connectivity index (χ3v) is 2.57. The van der Waals surface area contributed by atoms with Crippen molar-refractivity contribution in [3.8, 4) is 0 Å². The van der Waals surface area contributed by atoms with Crippen molar-refractivity contribution < 1.29 is 4.79 Å². The normalized spacial score (nSPS) is 10.4. The number of hydrogen-bond donors (Lipinski definition) is 2. The molecule has 0 fully saturated rings. The minimum absolute atomic E-state index is 0.0306. The molecule has 0 saturated carbocycles. The first-order valence-corrected chi connectivity index (χ1v) is 6.39. The van der Waals surface area contributed by atoms with Gasteiger partial charge in [0.05, 0.1) is 5.52 Å². The third kappa shape index (κ3) is 3.87. The van der Waals surface area contributed by atoms with Gasteiger partial charge in [-0.05, 0) is 18.6 Å². The van der Waals surface area contributed by atoms with Crippen LogP contribution in [0.25, 0.3) is 11.0 Å². The zero-order valence-corrected chi connectivity index (χ0v) is 10.9. The van der Waals surface area contributed by atoms with Crippen molar-refractivity contribution in [1.29, 1.82) is 0 Å². The molecule has 0 saturated heterocycles. The van der Waals surface area contributed by atoms with Crippen molar-refractivity contribution in [3.05, 3.63) is 24.3 Å². The summed E-state index contributed by atoms with van der Waals surface area (Å²) in [7, 11) is 0. The van der Waals surface area contributed by atoms with Crippen LogP contribution in [0.15, 0.2) is 24.3 Å². The van der Waals surface area contributed by atoms with Crippen molar-refractivity contribution in [3.63, 3.8) is 0 Å². The molecule has 19 heavy (non-hydrogen) atoms. The number of anilines is 1. The summed E-state index contributed by atoms with van der Waals surface area (Å²) in [5, 5.41) is 13.8. The second-order valence-corrected chi connectivity index (χ2v) is 4.15. The van der Waals surface area contributed by atoms with Gasteiger partial charge in [0.1, 0.15) is 5.52 Å². The number of fused-ring (bicyclic) bond motifs is 1. The van der Waals surface area contributed by atoms with Crippen molar-refractivity contribution in [2.75, 3.05) is 18.4 Å². The topological polar surface area (TPSA) is 79.8 Å². The second kappa shape index (κ2) is 6.63. The van der Waals surface area contributed by atoms with E-state index in [2.05, 4.69) is 25.8 Å². The highest BCUT2D eigenvalue weighted by Crippen LogP contribution is 2.08. The molecular weight excluding hydrogens is 242 g/mol. The Hall–Kier alpha value is -2.24. The van der Waals surface area contributed by atoms with Crippen molar-refractivity contribution in [2.24, 2.45) is 0 Å². The first-order chi connectivity index (χ1) is 9.29. The molecule has 1 amide bonds. The van der Waals surface area contributed by atoms with E-state index in [0.717, 1.165) is 17.5 Å². The minimum atomic E-state index is 0.0306. The molecule has 0 atom stereocenters. The van der Waals surface area contributed by atoms with Gasteiger partial charge in [0.15, 0.2) is 0 Å². The predicted molar refractivity (Wildman–Crippen MR) is 73.7 cm³/mol. The van der Waals surface area contributed by atoms with Crippen LogP contribution in [-0.2, 0) is 4.79 Å². The zero-order chi connectivity index (χ0) is 13.5. The molecule has 0 aliphatic carbocycles. The lowest BCUT2D eigenvalue weighted by Crippen LogP contribution is -2.26. The molecule has 0 unspecified atom stereocenters. The number of amides is 1. The Kier molecular flexibility index (Phi) is 4.60. The summed E-state index contributed by atoms with van der Waals surface area (Å²) in [5.41, 5.74) is 1.55. The second-order valence-electron chi connectivity index (χ2n) is 4.15. The number of carbonyl (C=O) groups excluding carboxylic acids is 1. The van der Waals surface area contributed by atoms with Crippen LogP contribution in [0, 0.1) is 0 Å². The summed E-state index contributed by atoms with van der Waals surface area (Å²) < 4.78 is 0. The third-order valence-electron chi connectivity index (χ3n) is 2.57. The molecule has 1 heterocycles. The highest BCUT2D eigenvalue weighted by Gasteiger charge is 2.02. The Balaban J connectivity index is 1.86. The number of rotatable bonds is 6. The fourth-order valence-corrected chi connectivity index (χ4v) is 1.60. The molecule has 1 aromatic heterocycles.